The lowest BCUT2D eigenvalue weighted by Gasteiger charge is -2.13. The van der Waals surface area contributed by atoms with Crippen molar-refractivity contribution in [2.24, 2.45) is 12.0 Å². The second kappa shape index (κ2) is 10.8. The molecule has 8 heteroatoms. The van der Waals surface area contributed by atoms with Gasteiger partial charge in [0.15, 0.2) is 11.8 Å². The number of hydrogen-bond donors (Lipinski definition) is 2. The monoisotopic (exact) mass is 448 g/mol. The van der Waals surface area contributed by atoms with Gasteiger partial charge in [0.25, 0.3) is 0 Å². The highest BCUT2D eigenvalue weighted by Crippen LogP contribution is 2.25. The molecule has 0 amide bonds. The van der Waals surface area contributed by atoms with Crippen LogP contribution in [-0.4, -0.2) is 47.5 Å². The van der Waals surface area contributed by atoms with Gasteiger partial charge in [-0.15, -0.1) is 10.2 Å². The Morgan fingerprint density at radius 2 is 1.79 bits per heavy atom. The molecule has 4 rings (SSSR count). The van der Waals surface area contributed by atoms with Gasteiger partial charge in [-0.2, -0.15) is 0 Å². The molecule has 0 spiro atoms. The fourth-order valence-electron chi connectivity index (χ4n) is 3.75. The molecule has 2 aromatic carbocycles. The third-order valence-electron chi connectivity index (χ3n) is 5.89. The summed E-state index contributed by atoms with van der Waals surface area (Å²) in [5.74, 6) is 4.37. The second-order valence-electron chi connectivity index (χ2n) is 8.13. The molecule has 0 saturated heterocycles. The molecular formula is C25H32N6O2. The van der Waals surface area contributed by atoms with Crippen LogP contribution in [0.1, 0.15) is 28.3 Å². The molecule has 2 N–H and O–H groups in total. The maximum Gasteiger partial charge on any atom is 0.191 e. The van der Waals surface area contributed by atoms with E-state index < -0.39 is 0 Å². The summed E-state index contributed by atoms with van der Waals surface area (Å²) in [6.07, 6.45) is 2.79. The molecule has 1 aliphatic rings. The number of guanidine groups is 1. The summed E-state index contributed by atoms with van der Waals surface area (Å²) in [5, 5.41) is 15.3. The first-order chi connectivity index (χ1) is 16.1. The Bertz CT molecular complexity index is 1090. The van der Waals surface area contributed by atoms with Crippen LogP contribution < -0.4 is 20.1 Å². The fourth-order valence-corrected chi connectivity index (χ4v) is 3.75. The van der Waals surface area contributed by atoms with Gasteiger partial charge in [-0.1, -0.05) is 24.3 Å². The van der Waals surface area contributed by atoms with Crippen LogP contribution in [0.5, 0.6) is 11.5 Å². The molecule has 0 aliphatic carbocycles. The number of ether oxygens (including phenoxy) is 2. The van der Waals surface area contributed by atoms with Crippen LogP contribution >= 0.6 is 0 Å². The van der Waals surface area contributed by atoms with E-state index in [9.17, 15) is 0 Å². The summed E-state index contributed by atoms with van der Waals surface area (Å²) in [5.41, 5.74) is 3.84. The van der Waals surface area contributed by atoms with Gasteiger partial charge in [0.05, 0.1) is 13.7 Å². The Labute approximate surface area is 195 Å². The Hall–Kier alpha value is -3.55. The highest BCUT2D eigenvalue weighted by atomic mass is 16.5. The van der Waals surface area contributed by atoms with Crippen molar-refractivity contribution >= 4 is 5.96 Å². The minimum absolute atomic E-state index is 0.464. The van der Waals surface area contributed by atoms with Gasteiger partial charge in [0, 0.05) is 26.6 Å². The molecule has 0 saturated carbocycles. The smallest absolute Gasteiger partial charge is 0.191 e. The first-order valence-corrected chi connectivity index (χ1v) is 11.4. The number of nitrogens with zero attached hydrogens (tertiary/aromatic N) is 4. The van der Waals surface area contributed by atoms with Crippen molar-refractivity contribution in [2.45, 2.75) is 32.7 Å². The average molecular weight is 449 g/mol. The van der Waals surface area contributed by atoms with Crippen LogP contribution in [0, 0.1) is 6.92 Å². The van der Waals surface area contributed by atoms with Gasteiger partial charge in [-0.05, 0) is 54.7 Å². The summed E-state index contributed by atoms with van der Waals surface area (Å²) >= 11 is 0. The Kier molecular flexibility index (Phi) is 7.44. The van der Waals surface area contributed by atoms with E-state index in [1.165, 1.54) is 16.7 Å². The molecule has 0 atom stereocenters. The number of aliphatic imine (C=N–C) groups is 1. The third kappa shape index (κ3) is 6.03. The Morgan fingerprint density at radius 3 is 2.48 bits per heavy atom. The highest BCUT2D eigenvalue weighted by molar-refractivity contribution is 5.79. The third-order valence-corrected chi connectivity index (χ3v) is 5.89. The average Bonchev–Trinajstić information content (AvgIpc) is 3.43. The van der Waals surface area contributed by atoms with Crippen molar-refractivity contribution in [3.8, 4) is 11.5 Å². The van der Waals surface area contributed by atoms with E-state index in [1.807, 2.05) is 30.7 Å². The summed E-state index contributed by atoms with van der Waals surface area (Å²) in [6, 6.07) is 14.6. The lowest BCUT2D eigenvalue weighted by atomic mass is 10.1. The Morgan fingerprint density at radius 1 is 1.06 bits per heavy atom. The number of hydrogen-bond acceptors (Lipinski definition) is 5. The molecule has 1 aromatic heterocycles. The molecule has 3 aromatic rings. The van der Waals surface area contributed by atoms with Crippen molar-refractivity contribution in [2.75, 3.05) is 26.8 Å². The van der Waals surface area contributed by atoms with Crippen molar-refractivity contribution < 1.29 is 9.47 Å². The molecule has 1 aliphatic heterocycles. The van der Waals surface area contributed by atoms with Crippen molar-refractivity contribution in [3.63, 3.8) is 0 Å². The summed E-state index contributed by atoms with van der Waals surface area (Å²) in [7, 11) is 3.64. The number of aryl methyl sites for hydroxylation is 1. The first-order valence-electron chi connectivity index (χ1n) is 11.4. The zero-order valence-electron chi connectivity index (χ0n) is 19.6. The summed E-state index contributed by atoms with van der Waals surface area (Å²) in [4.78, 5) is 4.75. The van der Waals surface area contributed by atoms with Gasteiger partial charge in [0.1, 0.15) is 23.9 Å². The largest absolute Gasteiger partial charge is 0.497 e. The topological polar surface area (TPSA) is 85.6 Å². The van der Waals surface area contributed by atoms with Gasteiger partial charge in [-0.25, -0.2) is 4.99 Å². The molecule has 8 nitrogen and oxygen atoms in total. The van der Waals surface area contributed by atoms with Crippen LogP contribution in [0.25, 0.3) is 0 Å². The van der Waals surface area contributed by atoms with Gasteiger partial charge in [-0.3, -0.25) is 0 Å². The standard InChI is InChI=1S/C25H32N6O2/c1-18-29-30-24(31(18)2)17-28-25(26-13-10-19-4-7-22(32-3)8-5-19)27-14-11-20-6-9-23-21(16-20)12-15-33-23/h4-9,16H,10-15,17H2,1-3H3,(H2,26,27,28). The second-order valence-corrected chi connectivity index (χ2v) is 8.13. The van der Waals surface area contributed by atoms with Gasteiger partial charge in [0.2, 0.25) is 0 Å². The van der Waals surface area contributed by atoms with Crippen molar-refractivity contribution in [3.05, 3.63) is 70.8 Å². The highest BCUT2D eigenvalue weighted by Gasteiger charge is 2.12. The van der Waals surface area contributed by atoms with E-state index >= 15 is 0 Å². The van der Waals surface area contributed by atoms with Crippen molar-refractivity contribution in [1.82, 2.24) is 25.4 Å². The van der Waals surface area contributed by atoms with Gasteiger partial charge < -0.3 is 24.7 Å². The maximum atomic E-state index is 5.61. The van der Waals surface area contributed by atoms with Crippen LogP contribution in [-0.2, 0) is 32.9 Å². The first kappa shape index (κ1) is 22.6. The summed E-state index contributed by atoms with van der Waals surface area (Å²) < 4.78 is 12.8. The predicted molar refractivity (Wildman–Crippen MR) is 129 cm³/mol. The van der Waals surface area contributed by atoms with Crippen LogP contribution in [0.15, 0.2) is 47.5 Å². The molecule has 0 fully saturated rings. The van der Waals surface area contributed by atoms with E-state index in [1.54, 1.807) is 7.11 Å². The zero-order valence-corrected chi connectivity index (χ0v) is 19.6. The molecule has 0 unspecified atom stereocenters. The SMILES string of the molecule is COc1ccc(CCNC(=NCc2nnc(C)n2C)NCCc2ccc3c(c2)CCO3)cc1. The van der Waals surface area contributed by atoms with E-state index in [4.69, 9.17) is 14.5 Å². The van der Waals surface area contributed by atoms with E-state index in [-0.39, 0.29) is 0 Å². The van der Waals surface area contributed by atoms with Crippen molar-refractivity contribution in [1.29, 1.82) is 0 Å². The maximum absolute atomic E-state index is 5.61. The molecule has 0 radical (unpaired) electrons. The molecule has 174 valence electrons. The van der Waals surface area contributed by atoms with Crippen LogP contribution in [0.4, 0.5) is 0 Å². The molecule has 33 heavy (non-hydrogen) atoms. The minimum Gasteiger partial charge on any atom is -0.497 e. The number of benzene rings is 2. The van der Waals surface area contributed by atoms with Crippen LogP contribution in [0.3, 0.4) is 0 Å². The normalized spacial score (nSPS) is 12.9. The minimum atomic E-state index is 0.464. The molecular weight excluding hydrogens is 416 g/mol. The van der Waals surface area contributed by atoms with E-state index in [0.29, 0.717) is 6.54 Å². The van der Waals surface area contributed by atoms with Gasteiger partial charge >= 0.3 is 0 Å². The zero-order chi connectivity index (χ0) is 23.0. The lowest BCUT2D eigenvalue weighted by Crippen LogP contribution is -2.39. The Balaban J connectivity index is 1.34. The number of nitrogens with one attached hydrogen (secondary N) is 2. The quantitative estimate of drug-likeness (QED) is 0.387. The summed E-state index contributed by atoms with van der Waals surface area (Å²) in [6.45, 7) is 4.74. The van der Waals surface area contributed by atoms with Crippen LogP contribution in [0.2, 0.25) is 0 Å². The van der Waals surface area contributed by atoms with E-state index in [0.717, 1.165) is 68.1 Å². The predicted octanol–water partition coefficient (Wildman–Crippen LogP) is 2.59. The lowest BCUT2D eigenvalue weighted by molar-refractivity contribution is 0.357. The fraction of sp³-hybridized carbons (Fsp3) is 0.400. The number of methoxy groups -OCH3 is 1. The number of rotatable bonds is 9. The van der Waals surface area contributed by atoms with E-state index in [2.05, 4.69) is 51.2 Å². The molecule has 0 bridgehead atoms. The number of fused-ring (bicyclic) bond motifs is 1. The molecule has 2 heterocycles. The number of aromatic nitrogens is 3.